The van der Waals surface area contributed by atoms with E-state index >= 15 is 0 Å². The van der Waals surface area contributed by atoms with E-state index in [4.69, 9.17) is 0 Å². The van der Waals surface area contributed by atoms with Gasteiger partial charge in [0, 0.05) is 24.8 Å². The van der Waals surface area contributed by atoms with Crippen molar-refractivity contribution in [3.63, 3.8) is 0 Å². The van der Waals surface area contributed by atoms with Crippen LogP contribution in [-0.2, 0) is 0 Å². The number of nitrogens with zero attached hydrogens (tertiary/aromatic N) is 1. The zero-order chi connectivity index (χ0) is 15.4. The van der Waals surface area contributed by atoms with Crippen LogP contribution in [0.25, 0.3) is 0 Å². The normalized spacial score (nSPS) is 18.3. The van der Waals surface area contributed by atoms with E-state index in [9.17, 15) is 4.39 Å². The van der Waals surface area contributed by atoms with Gasteiger partial charge < -0.3 is 10.2 Å². The number of benzene rings is 1. The van der Waals surface area contributed by atoms with Gasteiger partial charge in [-0.15, -0.1) is 0 Å². The number of hydrogen-bond donors (Lipinski definition) is 1. The van der Waals surface area contributed by atoms with Crippen LogP contribution < -0.4 is 10.2 Å². The van der Waals surface area contributed by atoms with E-state index < -0.39 is 0 Å². The molecule has 0 amide bonds. The summed E-state index contributed by atoms with van der Waals surface area (Å²) in [5, 5.41) is 3.40. The van der Waals surface area contributed by atoms with Crippen molar-refractivity contribution in [1.29, 1.82) is 0 Å². The summed E-state index contributed by atoms with van der Waals surface area (Å²) in [7, 11) is 0. The maximum absolute atomic E-state index is 13.6. The van der Waals surface area contributed by atoms with Crippen molar-refractivity contribution in [2.45, 2.75) is 46.6 Å². The number of halogens is 1. The lowest BCUT2D eigenvalue weighted by atomic mass is 9.86. The van der Waals surface area contributed by atoms with Gasteiger partial charge in [0.25, 0.3) is 0 Å². The molecule has 1 atom stereocenters. The van der Waals surface area contributed by atoms with Crippen molar-refractivity contribution < 1.29 is 4.39 Å². The summed E-state index contributed by atoms with van der Waals surface area (Å²) >= 11 is 0. The van der Waals surface area contributed by atoms with Crippen molar-refractivity contribution in [3.8, 4) is 0 Å². The Hall–Kier alpha value is -1.09. The molecule has 0 saturated carbocycles. The van der Waals surface area contributed by atoms with Crippen LogP contribution in [0.4, 0.5) is 10.1 Å². The van der Waals surface area contributed by atoms with Gasteiger partial charge in [-0.05, 0) is 61.9 Å². The van der Waals surface area contributed by atoms with Gasteiger partial charge in [0.1, 0.15) is 5.82 Å². The standard InChI is InChI=1S/C18H29FN2/c1-5-20-14(4)17-12-16(19)6-7-18(17)21-10-8-15(9-11-21)13(2)3/h6-7,12-15,20H,5,8-11H2,1-4H3. The second-order valence-corrected chi connectivity index (χ2v) is 6.55. The highest BCUT2D eigenvalue weighted by Crippen LogP contribution is 2.32. The molecule has 1 aliphatic heterocycles. The fourth-order valence-corrected chi connectivity index (χ4v) is 3.38. The maximum Gasteiger partial charge on any atom is 0.123 e. The number of rotatable bonds is 5. The number of nitrogens with one attached hydrogen (secondary N) is 1. The van der Waals surface area contributed by atoms with Crippen molar-refractivity contribution in [2.24, 2.45) is 11.8 Å². The van der Waals surface area contributed by atoms with E-state index in [-0.39, 0.29) is 11.9 Å². The number of piperidine rings is 1. The third-order valence-electron chi connectivity index (χ3n) is 4.79. The smallest absolute Gasteiger partial charge is 0.123 e. The zero-order valence-electron chi connectivity index (χ0n) is 13.8. The molecule has 1 aromatic rings. The van der Waals surface area contributed by atoms with E-state index in [2.05, 4.69) is 37.9 Å². The maximum atomic E-state index is 13.6. The lowest BCUT2D eigenvalue weighted by Gasteiger charge is -2.37. The topological polar surface area (TPSA) is 15.3 Å². The molecular formula is C18H29FN2. The van der Waals surface area contributed by atoms with Gasteiger partial charge in [0.15, 0.2) is 0 Å². The molecule has 0 aromatic heterocycles. The molecule has 21 heavy (non-hydrogen) atoms. The van der Waals surface area contributed by atoms with Crippen LogP contribution in [-0.4, -0.2) is 19.6 Å². The van der Waals surface area contributed by atoms with Gasteiger partial charge in [-0.1, -0.05) is 20.8 Å². The Morgan fingerprint density at radius 1 is 1.24 bits per heavy atom. The van der Waals surface area contributed by atoms with Crippen molar-refractivity contribution >= 4 is 5.69 Å². The predicted molar refractivity (Wildman–Crippen MR) is 88.3 cm³/mol. The summed E-state index contributed by atoms with van der Waals surface area (Å²) < 4.78 is 13.6. The lowest BCUT2D eigenvalue weighted by molar-refractivity contribution is 0.311. The van der Waals surface area contributed by atoms with Gasteiger partial charge in [-0.3, -0.25) is 0 Å². The minimum Gasteiger partial charge on any atom is -0.371 e. The summed E-state index contributed by atoms with van der Waals surface area (Å²) in [4.78, 5) is 2.43. The van der Waals surface area contributed by atoms with Crippen LogP contribution in [0.3, 0.4) is 0 Å². The Morgan fingerprint density at radius 3 is 2.48 bits per heavy atom. The minimum absolute atomic E-state index is 0.143. The van der Waals surface area contributed by atoms with Crippen molar-refractivity contribution in [3.05, 3.63) is 29.6 Å². The lowest BCUT2D eigenvalue weighted by Crippen LogP contribution is -2.36. The average Bonchev–Trinajstić information content (AvgIpc) is 2.47. The molecule has 0 spiro atoms. The summed E-state index contributed by atoms with van der Waals surface area (Å²) in [5.41, 5.74) is 2.28. The van der Waals surface area contributed by atoms with Crippen LogP contribution in [0.2, 0.25) is 0 Å². The first-order chi connectivity index (χ1) is 10.0. The third kappa shape index (κ3) is 3.97. The van der Waals surface area contributed by atoms with Gasteiger partial charge in [0.05, 0.1) is 0 Å². The van der Waals surface area contributed by atoms with Crippen LogP contribution in [0.15, 0.2) is 18.2 Å². The Kier molecular flexibility index (Phi) is 5.63. The first kappa shape index (κ1) is 16.3. The summed E-state index contributed by atoms with van der Waals surface area (Å²) in [6.07, 6.45) is 2.48. The monoisotopic (exact) mass is 292 g/mol. The van der Waals surface area contributed by atoms with E-state index in [1.807, 2.05) is 6.07 Å². The van der Waals surface area contributed by atoms with Gasteiger partial charge in [0.2, 0.25) is 0 Å². The molecule has 0 bridgehead atoms. The molecule has 1 N–H and O–H groups in total. The minimum atomic E-state index is -0.143. The van der Waals surface area contributed by atoms with Gasteiger partial charge in [-0.25, -0.2) is 4.39 Å². The molecule has 1 saturated heterocycles. The zero-order valence-corrected chi connectivity index (χ0v) is 13.8. The highest BCUT2D eigenvalue weighted by atomic mass is 19.1. The van der Waals surface area contributed by atoms with Crippen molar-refractivity contribution in [2.75, 3.05) is 24.5 Å². The van der Waals surface area contributed by atoms with Crippen LogP contribution in [0.1, 0.15) is 52.1 Å². The molecule has 3 heteroatoms. The summed E-state index contributed by atoms with van der Waals surface area (Å²) in [6, 6.07) is 5.42. The third-order valence-corrected chi connectivity index (χ3v) is 4.79. The molecule has 118 valence electrons. The van der Waals surface area contributed by atoms with E-state index in [0.717, 1.165) is 37.0 Å². The molecule has 1 heterocycles. The fourth-order valence-electron chi connectivity index (χ4n) is 3.38. The Labute approximate surface area is 128 Å². The molecule has 2 rings (SSSR count). The average molecular weight is 292 g/mol. The first-order valence-corrected chi connectivity index (χ1v) is 8.30. The molecule has 0 aliphatic carbocycles. The van der Waals surface area contributed by atoms with Gasteiger partial charge in [-0.2, -0.15) is 0 Å². The summed E-state index contributed by atoms with van der Waals surface area (Å²) in [6.45, 7) is 11.9. The highest BCUT2D eigenvalue weighted by Gasteiger charge is 2.24. The van der Waals surface area contributed by atoms with E-state index in [1.54, 1.807) is 12.1 Å². The second kappa shape index (κ2) is 7.26. The Morgan fingerprint density at radius 2 is 1.90 bits per heavy atom. The molecular weight excluding hydrogens is 263 g/mol. The largest absolute Gasteiger partial charge is 0.371 e. The quantitative estimate of drug-likeness (QED) is 0.867. The molecule has 1 fully saturated rings. The number of anilines is 1. The van der Waals surface area contributed by atoms with Crippen LogP contribution >= 0.6 is 0 Å². The van der Waals surface area contributed by atoms with Crippen LogP contribution in [0.5, 0.6) is 0 Å². The molecule has 0 radical (unpaired) electrons. The predicted octanol–water partition coefficient (Wildman–Crippen LogP) is 4.37. The Balaban J connectivity index is 2.16. The first-order valence-electron chi connectivity index (χ1n) is 8.30. The fraction of sp³-hybridized carbons (Fsp3) is 0.667. The Bertz CT molecular complexity index is 451. The van der Waals surface area contributed by atoms with E-state index in [1.165, 1.54) is 18.5 Å². The van der Waals surface area contributed by atoms with Gasteiger partial charge >= 0.3 is 0 Å². The molecule has 1 aliphatic rings. The molecule has 1 aromatic carbocycles. The van der Waals surface area contributed by atoms with Crippen molar-refractivity contribution in [1.82, 2.24) is 5.32 Å². The SMILES string of the molecule is CCNC(C)c1cc(F)ccc1N1CCC(C(C)C)CC1. The number of hydrogen-bond acceptors (Lipinski definition) is 2. The highest BCUT2D eigenvalue weighted by molar-refractivity contribution is 5.55. The second-order valence-electron chi connectivity index (χ2n) is 6.55. The summed E-state index contributed by atoms with van der Waals surface area (Å²) in [5.74, 6) is 1.45. The van der Waals surface area contributed by atoms with E-state index in [0.29, 0.717) is 0 Å². The molecule has 1 unspecified atom stereocenters. The van der Waals surface area contributed by atoms with Crippen LogP contribution in [0, 0.1) is 17.7 Å². The molecule has 2 nitrogen and oxygen atoms in total.